The van der Waals surface area contributed by atoms with Crippen molar-refractivity contribution in [3.8, 4) is 5.75 Å². The average Bonchev–Trinajstić information content (AvgIpc) is 2.64. The second-order valence-electron chi connectivity index (χ2n) is 5.29. The minimum absolute atomic E-state index is 0.216. The van der Waals surface area contributed by atoms with Crippen molar-refractivity contribution in [3.63, 3.8) is 0 Å². The van der Waals surface area contributed by atoms with Gasteiger partial charge in [0.15, 0.2) is 0 Å². The maximum atomic E-state index is 12.8. The number of ether oxygens (including phenoxy) is 1. The average molecular weight is 315 g/mol. The molecule has 2 rings (SSSR count). The quantitative estimate of drug-likeness (QED) is 0.565. The molecule has 0 amide bonds. The van der Waals surface area contributed by atoms with Crippen molar-refractivity contribution >= 4 is 15.9 Å². The highest BCUT2D eigenvalue weighted by Crippen LogP contribution is 2.37. The number of alkyl halides is 1. The fraction of sp³-hybridized carbons (Fsp3) is 0.600. The summed E-state index contributed by atoms with van der Waals surface area (Å²) in [5, 5.41) is 0.987. The van der Waals surface area contributed by atoms with Gasteiger partial charge in [0.1, 0.15) is 11.6 Å². The van der Waals surface area contributed by atoms with Crippen LogP contribution in [0.2, 0.25) is 0 Å². The summed E-state index contributed by atoms with van der Waals surface area (Å²) in [7, 11) is 0. The van der Waals surface area contributed by atoms with Gasteiger partial charge >= 0.3 is 0 Å². The van der Waals surface area contributed by atoms with Gasteiger partial charge in [-0.15, -0.1) is 0 Å². The van der Waals surface area contributed by atoms with Crippen LogP contribution in [-0.2, 0) is 0 Å². The van der Waals surface area contributed by atoms with Gasteiger partial charge in [0, 0.05) is 10.7 Å². The van der Waals surface area contributed by atoms with E-state index in [0.717, 1.165) is 17.7 Å². The van der Waals surface area contributed by atoms with Crippen molar-refractivity contribution in [1.29, 1.82) is 0 Å². The Kier molecular flexibility index (Phi) is 5.04. The lowest BCUT2D eigenvalue weighted by atomic mass is 9.83. The minimum atomic E-state index is -0.216. The molecule has 100 valence electrons. The van der Waals surface area contributed by atoms with E-state index in [4.69, 9.17) is 4.74 Å². The van der Waals surface area contributed by atoms with Gasteiger partial charge in [-0.2, -0.15) is 0 Å². The largest absolute Gasteiger partial charge is 0.493 e. The third kappa shape index (κ3) is 3.71. The van der Waals surface area contributed by atoms with Crippen LogP contribution in [0.25, 0.3) is 0 Å². The summed E-state index contributed by atoms with van der Waals surface area (Å²) < 4.78 is 18.7. The number of rotatable bonds is 4. The van der Waals surface area contributed by atoms with Crippen molar-refractivity contribution in [3.05, 3.63) is 30.1 Å². The topological polar surface area (TPSA) is 9.23 Å². The van der Waals surface area contributed by atoms with Crippen molar-refractivity contribution in [1.82, 2.24) is 0 Å². The molecule has 1 aromatic carbocycles. The zero-order valence-corrected chi connectivity index (χ0v) is 12.2. The Balaban J connectivity index is 1.95. The molecule has 3 heteroatoms. The summed E-state index contributed by atoms with van der Waals surface area (Å²) >= 11 is 3.65. The first kappa shape index (κ1) is 13.9. The molecule has 0 atom stereocenters. The summed E-state index contributed by atoms with van der Waals surface area (Å²) in [6.07, 6.45) is 7.70. The fourth-order valence-corrected chi connectivity index (χ4v) is 3.28. The summed E-state index contributed by atoms with van der Waals surface area (Å²) in [6.45, 7) is 0.726. The van der Waals surface area contributed by atoms with Crippen LogP contribution in [0, 0.1) is 11.2 Å². The van der Waals surface area contributed by atoms with E-state index in [0.29, 0.717) is 0 Å². The number of benzene rings is 1. The van der Waals surface area contributed by atoms with Gasteiger partial charge < -0.3 is 4.74 Å². The van der Waals surface area contributed by atoms with E-state index in [9.17, 15) is 4.39 Å². The zero-order chi connectivity index (χ0) is 12.8. The standard InChI is InChI=1S/C15H20BrFO/c16-11-15(9-3-1-2-4-10-15)12-18-14-7-5-13(17)6-8-14/h5-8H,1-4,9-12H2. The van der Waals surface area contributed by atoms with Crippen LogP contribution >= 0.6 is 15.9 Å². The highest BCUT2D eigenvalue weighted by molar-refractivity contribution is 9.09. The van der Waals surface area contributed by atoms with Gasteiger partial charge in [-0.3, -0.25) is 0 Å². The molecule has 1 aliphatic rings. The molecule has 0 radical (unpaired) electrons. The lowest BCUT2D eigenvalue weighted by molar-refractivity contribution is 0.149. The molecular weight excluding hydrogens is 295 g/mol. The van der Waals surface area contributed by atoms with E-state index >= 15 is 0 Å². The molecule has 0 bridgehead atoms. The van der Waals surface area contributed by atoms with Gasteiger partial charge in [0.25, 0.3) is 0 Å². The Labute approximate surface area is 117 Å². The van der Waals surface area contributed by atoms with Crippen LogP contribution in [-0.4, -0.2) is 11.9 Å². The maximum Gasteiger partial charge on any atom is 0.123 e. The third-order valence-corrected chi connectivity index (χ3v) is 5.00. The minimum Gasteiger partial charge on any atom is -0.493 e. The molecule has 1 fully saturated rings. The monoisotopic (exact) mass is 314 g/mol. The smallest absolute Gasteiger partial charge is 0.123 e. The molecule has 0 N–H and O–H groups in total. The molecule has 18 heavy (non-hydrogen) atoms. The van der Waals surface area contributed by atoms with Gasteiger partial charge in [-0.25, -0.2) is 4.39 Å². The van der Waals surface area contributed by atoms with E-state index in [1.807, 2.05) is 0 Å². The molecule has 1 aromatic rings. The molecule has 0 spiro atoms. The Morgan fingerprint density at radius 3 is 2.22 bits per heavy atom. The lowest BCUT2D eigenvalue weighted by Gasteiger charge is -2.30. The molecule has 1 aliphatic carbocycles. The zero-order valence-electron chi connectivity index (χ0n) is 10.6. The molecule has 0 saturated heterocycles. The van der Waals surface area contributed by atoms with E-state index < -0.39 is 0 Å². The van der Waals surface area contributed by atoms with E-state index in [2.05, 4.69) is 15.9 Å². The molecular formula is C15H20BrFO. The van der Waals surface area contributed by atoms with Gasteiger partial charge in [-0.05, 0) is 37.1 Å². The summed E-state index contributed by atoms with van der Waals surface area (Å²) in [5.41, 5.74) is 0.255. The van der Waals surface area contributed by atoms with Gasteiger partial charge in [0.2, 0.25) is 0 Å². The molecule has 0 heterocycles. The number of halogens is 2. The van der Waals surface area contributed by atoms with Crippen molar-refractivity contribution in [2.45, 2.75) is 38.5 Å². The Morgan fingerprint density at radius 2 is 1.67 bits per heavy atom. The summed E-state index contributed by atoms with van der Waals surface area (Å²) in [5.74, 6) is 0.549. The Hall–Kier alpha value is -0.570. The lowest BCUT2D eigenvalue weighted by Crippen LogP contribution is -2.29. The number of hydrogen-bond donors (Lipinski definition) is 0. The van der Waals surface area contributed by atoms with Crippen LogP contribution < -0.4 is 4.74 Å². The predicted molar refractivity (Wildman–Crippen MR) is 75.8 cm³/mol. The molecule has 0 unspecified atom stereocenters. The Bertz CT molecular complexity index is 355. The maximum absolute atomic E-state index is 12.8. The normalized spacial score (nSPS) is 19.2. The van der Waals surface area contributed by atoms with E-state index in [-0.39, 0.29) is 11.2 Å². The third-order valence-electron chi connectivity index (χ3n) is 3.81. The summed E-state index contributed by atoms with van der Waals surface area (Å²) in [6, 6.07) is 6.30. The second kappa shape index (κ2) is 6.55. The predicted octanol–water partition coefficient (Wildman–Crippen LogP) is 4.94. The fourth-order valence-electron chi connectivity index (χ4n) is 2.56. The first-order chi connectivity index (χ1) is 8.74. The number of hydrogen-bond acceptors (Lipinski definition) is 1. The first-order valence-corrected chi connectivity index (χ1v) is 7.81. The molecule has 1 saturated carbocycles. The van der Waals surface area contributed by atoms with Crippen LogP contribution in [0.15, 0.2) is 24.3 Å². The molecule has 1 nitrogen and oxygen atoms in total. The second-order valence-corrected chi connectivity index (χ2v) is 5.85. The van der Waals surface area contributed by atoms with Crippen LogP contribution in [0.3, 0.4) is 0 Å². The highest BCUT2D eigenvalue weighted by Gasteiger charge is 2.30. The van der Waals surface area contributed by atoms with Gasteiger partial charge in [0.05, 0.1) is 6.61 Å². The van der Waals surface area contributed by atoms with Crippen molar-refractivity contribution in [2.24, 2.45) is 5.41 Å². The van der Waals surface area contributed by atoms with E-state index in [1.54, 1.807) is 12.1 Å². The van der Waals surface area contributed by atoms with Crippen LogP contribution in [0.5, 0.6) is 5.75 Å². The molecule has 0 aromatic heterocycles. The van der Waals surface area contributed by atoms with Crippen molar-refractivity contribution in [2.75, 3.05) is 11.9 Å². The van der Waals surface area contributed by atoms with Gasteiger partial charge in [-0.1, -0.05) is 41.6 Å². The van der Waals surface area contributed by atoms with Crippen LogP contribution in [0.1, 0.15) is 38.5 Å². The van der Waals surface area contributed by atoms with E-state index in [1.165, 1.54) is 50.7 Å². The SMILES string of the molecule is Fc1ccc(OCC2(CBr)CCCCCC2)cc1. The summed E-state index contributed by atoms with van der Waals surface area (Å²) in [4.78, 5) is 0. The molecule has 0 aliphatic heterocycles. The van der Waals surface area contributed by atoms with Crippen molar-refractivity contribution < 1.29 is 9.13 Å². The Morgan fingerprint density at radius 1 is 1.06 bits per heavy atom. The van der Waals surface area contributed by atoms with Crippen LogP contribution in [0.4, 0.5) is 4.39 Å². The first-order valence-electron chi connectivity index (χ1n) is 6.68. The highest BCUT2D eigenvalue weighted by atomic mass is 79.9.